The van der Waals surface area contributed by atoms with Crippen molar-refractivity contribution in [1.82, 2.24) is 4.57 Å². The molecule has 2 heteroatoms. The standard InChI is InChI=1S/C40H28N2/c1-5-15-29(16-6-1)36-27-30-17-13-14-24-35(30)40-39(36)37-28-34(25-26-38(37)42(40)33-22-11-4-12-23-33)41(31-18-7-2-8-19-31)32-20-9-3-10-21-32/h1-28H. The molecule has 0 amide bonds. The van der Waals surface area contributed by atoms with Crippen LogP contribution in [0.15, 0.2) is 170 Å². The first-order valence-corrected chi connectivity index (χ1v) is 14.4. The van der Waals surface area contributed by atoms with Crippen LogP contribution >= 0.6 is 0 Å². The first kappa shape index (κ1) is 24.2. The monoisotopic (exact) mass is 536 g/mol. The van der Waals surface area contributed by atoms with Crippen LogP contribution in [0, 0.1) is 0 Å². The van der Waals surface area contributed by atoms with Crippen LogP contribution in [0.1, 0.15) is 0 Å². The maximum atomic E-state index is 2.44. The minimum absolute atomic E-state index is 1.12. The predicted molar refractivity (Wildman–Crippen MR) is 178 cm³/mol. The third-order valence-electron chi connectivity index (χ3n) is 8.12. The second kappa shape index (κ2) is 10.1. The highest BCUT2D eigenvalue weighted by atomic mass is 15.1. The summed E-state index contributed by atoms with van der Waals surface area (Å²) in [6.45, 7) is 0. The van der Waals surface area contributed by atoms with Gasteiger partial charge < -0.3 is 9.47 Å². The van der Waals surface area contributed by atoms with Crippen LogP contribution in [-0.4, -0.2) is 4.57 Å². The van der Waals surface area contributed by atoms with E-state index >= 15 is 0 Å². The van der Waals surface area contributed by atoms with Crippen molar-refractivity contribution in [3.63, 3.8) is 0 Å². The number of nitrogens with zero attached hydrogens (tertiary/aromatic N) is 2. The van der Waals surface area contributed by atoms with Crippen LogP contribution in [0.5, 0.6) is 0 Å². The van der Waals surface area contributed by atoms with Crippen molar-refractivity contribution in [3.8, 4) is 16.8 Å². The summed E-state index contributed by atoms with van der Waals surface area (Å²) in [5.74, 6) is 0. The molecule has 0 unspecified atom stereocenters. The van der Waals surface area contributed by atoms with Gasteiger partial charge in [-0.25, -0.2) is 0 Å². The van der Waals surface area contributed by atoms with E-state index in [0.29, 0.717) is 0 Å². The molecule has 1 heterocycles. The van der Waals surface area contributed by atoms with E-state index in [9.17, 15) is 0 Å². The van der Waals surface area contributed by atoms with Gasteiger partial charge in [0.15, 0.2) is 0 Å². The highest BCUT2D eigenvalue weighted by Crippen LogP contribution is 2.45. The number of para-hydroxylation sites is 3. The fraction of sp³-hybridized carbons (Fsp3) is 0. The lowest BCUT2D eigenvalue weighted by atomic mass is 9.95. The number of benzene rings is 7. The highest BCUT2D eigenvalue weighted by Gasteiger charge is 2.21. The third kappa shape index (κ3) is 3.96. The van der Waals surface area contributed by atoms with Crippen molar-refractivity contribution < 1.29 is 0 Å². The fourth-order valence-corrected chi connectivity index (χ4v) is 6.30. The summed E-state index contributed by atoms with van der Waals surface area (Å²) in [7, 11) is 0. The maximum Gasteiger partial charge on any atom is 0.0625 e. The number of aromatic nitrogens is 1. The summed E-state index contributed by atoms with van der Waals surface area (Å²) >= 11 is 0. The summed E-state index contributed by atoms with van der Waals surface area (Å²) < 4.78 is 2.44. The first-order chi connectivity index (χ1) is 20.9. The Morgan fingerprint density at radius 3 is 1.67 bits per heavy atom. The maximum absolute atomic E-state index is 2.44. The summed E-state index contributed by atoms with van der Waals surface area (Å²) in [5.41, 5.74) is 9.42. The topological polar surface area (TPSA) is 8.17 Å². The Morgan fingerprint density at radius 2 is 1.00 bits per heavy atom. The van der Waals surface area contributed by atoms with Gasteiger partial charge in [-0.05, 0) is 77.2 Å². The quantitative estimate of drug-likeness (QED) is 0.212. The lowest BCUT2D eigenvalue weighted by molar-refractivity contribution is 1.18. The molecule has 0 N–H and O–H groups in total. The van der Waals surface area contributed by atoms with Crippen molar-refractivity contribution in [2.75, 3.05) is 4.90 Å². The zero-order chi connectivity index (χ0) is 27.9. The molecule has 0 aliphatic carbocycles. The van der Waals surface area contributed by atoms with Crippen LogP contribution in [0.3, 0.4) is 0 Å². The summed E-state index contributed by atoms with van der Waals surface area (Å²) in [4.78, 5) is 2.34. The van der Waals surface area contributed by atoms with Gasteiger partial charge in [-0.3, -0.25) is 0 Å². The van der Waals surface area contributed by atoms with E-state index in [-0.39, 0.29) is 0 Å². The average molecular weight is 537 g/mol. The van der Waals surface area contributed by atoms with Crippen LogP contribution < -0.4 is 4.90 Å². The van der Waals surface area contributed by atoms with Crippen molar-refractivity contribution in [2.24, 2.45) is 0 Å². The number of hydrogen-bond donors (Lipinski definition) is 0. The van der Waals surface area contributed by atoms with Gasteiger partial charge >= 0.3 is 0 Å². The lowest BCUT2D eigenvalue weighted by Crippen LogP contribution is -2.09. The summed E-state index contributed by atoms with van der Waals surface area (Å²) in [5, 5.41) is 4.98. The Labute approximate surface area is 245 Å². The minimum atomic E-state index is 1.12. The zero-order valence-electron chi connectivity index (χ0n) is 23.1. The molecule has 198 valence electrons. The second-order valence-electron chi connectivity index (χ2n) is 10.6. The molecule has 0 radical (unpaired) electrons. The third-order valence-corrected chi connectivity index (χ3v) is 8.12. The van der Waals surface area contributed by atoms with Crippen molar-refractivity contribution >= 4 is 49.6 Å². The molecule has 0 aliphatic heterocycles. The minimum Gasteiger partial charge on any atom is -0.310 e. The van der Waals surface area contributed by atoms with Crippen molar-refractivity contribution in [2.45, 2.75) is 0 Å². The zero-order valence-corrected chi connectivity index (χ0v) is 23.1. The van der Waals surface area contributed by atoms with Crippen molar-refractivity contribution in [3.05, 3.63) is 170 Å². The summed E-state index contributed by atoms with van der Waals surface area (Å²) in [6.07, 6.45) is 0. The van der Waals surface area contributed by atoms with Crippen LogP contribution in [0.25, 0.3) is 49.4 Å². The van der Waals surface area contributed by atoms with Crippen LogP contribution in [0.2, 0.25) is 0 Å². The molecule has 1 aromatic heterocycles. The SMILES string of the molecule is c1ccc(-c2cc3ccccc3c3c2c2cc(N(c4ccccc4)c4ccccc4)ccc2n3-c2ccccc2)cc1. The molecule has 8 rings (SSSR count). The van der Waals surface area contributed by atoms with E-state index in [2.05, 4.69) is 179 Å². The Hall–Kier alpha value is -5.60. The molecule has 0 spiro atoms. The molecule has 0 fully saturated rings. The molecular formula is C40H28N2. The van der Waals surface area contributed by atoms with E-state index in [1.54, 1.807) is 0 Å². The molecule has 0 bridgehead atoms. The van der Waals surface area contributed by atoms with Gasteiger partial charge in [-0.2, -0.15) is 0 Å². The van der Waals surface area contributed by atoms with Gasteiger partial charge in [-0.1, -0.05) is 109 Å². The van der Waals surface area contributed by atoms with E-state index < -0.39 is 0 Å². The second-order valence-corrected chi connectivity index (χ2v) is 10.6. The summed E-state index contributed by atoms with van der Waals surface area (Å²) in [6, 6.07) is 60.8. The van der Waals surface area contributed by atoms with Crippen LogP contribution in [-0.2, 0) is 0 Å². The average Bonchev–Trinajstić information content (AvgIpc) is 3.41. The van der Waals surface area contributed by atoms with E-state index in [1.165, 1.54) is 43.7 Å². The molecule has 42 heavy (non-hydrogen) atoms. The van der Waals surface area contributed by atoms with Gasteiger partial charge in [0.05, 0.1) is 11.0 Å². The van der Waals surface area contributed by atoms with Gasteiger partial charge in [0.25, 0.3) is 0 Å². The molecule has 2 nitrogen and oxygen atoms in total. The Balaban J connectivity index is 1.53. The molecular weight excluding hydrogens is 508 g/mol. The molecule has 0 saturated heterocycles. The van der Waals surface area contributed by atoms with Crippen LogP contribution in [0.4, 0.5) is 17.1 Å². The fourth-order valence-electron chi connectivity index (χ4n) is 6.30. The van der Waals surface area contributed by atoms with E-state index in [0.717, 1.165) is 22.7 Å². The molecule has 8 aromatic rings. The Bertz CT molecular complexity index is 2130. The van der Waals surface area contributed by atoms with Gasteiger partial charge in [0.2, 0.25) is 0 Å². The number of anilines is 3. The first-order valence-electron chi connectivity index (χ1n) is 14.4. The van der Waals surface area contributed by atoms with Gasteiger partial charge in [0.1, 0.15) is 0 Å². The largest absolute Gasteiger partial charge is 0.310 e. The van der Waals surface area contributed by atoms with E-state index in [1.807, 2.05) is 0 Å². The molecule has 0 atom stereocenters. The lowest BCUT2D eigenvalue weighted by Gasteiger charge is -2.25. The predicted octanol–water partition coefficient (Wildman–Crippen LogP) is 11.1. The molecule has 0 aliphatic rings. The smallest absolute Gasteiger partial charge is 0.0625 e. The number of rotatable bonds is 5. The Morgan fingerprint density at radius 1 is 0.429 bits per heavy atom. The number of hydrogen-bond acceptors (Lipinski definition) is 1. The van der Waals surface area contributed by atoms with E-state index in [4.69, 9.17) is 0 Å². The highest BCUT2D eigenvalue weighted by molar-refractivity contribution is 6.24. The van der Waals surface area contributed by atoms with Gasteiger partial charge in [-0.15, -0.1) is 0 Å². The van der Waals surface area contributed by atoms with Gasteiger partial charge in [0, 0.05) is 38.9 Å². The normalized spacial score (nSPS) is 11.3. The Kier molecular flexibility index (Phi) is 5.82. The molecule has 7 aromatic carbocycles. The van der Waals surface area contributed by atoms with Crippen molar-refractivity contribution in [1.29, 1.82) is 0 Å². The molecule has 0 saturated carbocycles. The number of fused-ring (bicyclic) bond motifs is 5.